The largest absolute Gasteiger partial charge is 0.491 e. The molecule has 1 saturated heterocycles. The number of ether oxygens (including phenoxy) is 2. The van der Waals surface area contributed by atoms with Gasteiger partial charge < -0.3 is 24.7 Å². The van der Waals surface area contributed by atoms with Crippen LogP contribution in [0, 0.1) is 18.7 Å². The van der Waals surface area contributed by atoms with E-state index in [1.165, 1.54) is 19.2 Å². The maximum absolute atomic E-state index is 14.6. The number of methoxy groups -OCH3 is 2. The van der Waals surface area contributed by atoms with E-state index in [1.807, 2.05) is 23.8 Å². The Hall–Kier alpha value is -3.71. The first-order valence-corrected chi connectivity index (χ1v) is 16.7. The molecular formula is C32H36ClFN6O4S. The lowest BCUT2D eigenvalue weighted by Gasteiger charge is -2.31. The van der Waals surface area contributed by atoms with Gasteiger partial charge in [0.05, 0.1) is 41.5 Å². The summed E-state index contributed by atoms with van der Waals surface area (Å²) in [7, 11) is -1.18. The van der Waals surface area contributed by atoms with E-state index in [0.29, 0.717) is 29.3 Å². The summed E-state index contributed by atoms with van der Waals surface area (Å²) in [5, 5.41) is -0.0435. The van der Waals surface area contributed by atoms with Crippen LogP contribution < -0.4 is 15.2 Å². The van der Waals surface area contributed by atoms with E-state index in [2.05, 4.69) is 9.88 Å². The van der Waals surface area contributed by atoms with Crippen LogP contribution in [0.15, 0.2) is 53.7 Å². The van der Waals surface area contributed by atoms with Crippen molar-refractivity contribution in [2.24, 2.45) is 11.7 Å². The monoisotopic (exact) mass is 654 g/mol. The summed E-state index contributed by atoms with van der Waals surface area (Å²) in [5.74, 6) is 0.533. The normalized spacial score (nSPS) is 14.9. The van der Waals surface area contributed by atoms with E-state index in [4.69, 9.17) is 31.8 Å². The minimum absolute atomic E-state index is 0.0132. The van der Waals surface area contributed by atoms with E-state index in [-0.39, 0.29) is 32.5 Å². The summed E-state index contributed by atoms with van der Waals surface area (Å²) in [5.41, 5.74) is 8.77. The summed E-state index contributed by atoms with van der Waals surface area (Å²) in [6, 6.07) is 9.92. The van der Waals surface area contributed by atoms with Crippen molar-refractivity contribution in [3.05, 3.63) is 65.2 Å². The number of likely N-dealkylation sites (tertiary alicyclic amines) is 1. The maximum atomic E-state index is 14.6. The average molecular weight is 655 g/mol. The molecule has 1 aromatic carbocycles. The zero-order valence-electron chi connectivity index (χ0n) is 25.5. The van der Waals surface area contributed by atoms with E-state index in [0.717, 1.165) is 66.7 Å². The molecule has 0 unspecified atom stereocenters. The molecule has 0 radical (unpaired) electrons. The molecule has 1 aliphatic heterocycles. The van der Waals surface area contributed by atoms with E-state index < -0.39 is 15.8 Å². The van der Waals surface area contributed by atoms with Crippen molar-refractivity contribution < 1.29 is 22.3 Å². The first kappa shape index (κ1) is 31.3. The Morgan fingerprint density at radius 3 is 2.49 bits per heavy atom. The van der Waals surface area contributed by atoms with Gasteiger partial charge in [0.15, 0.2) is 17.2 Å². The number of aryl methyl sites for hydroxylation is 2. The molecule has 0 spiro atoms. The lowest BCUT2D eigenvalue weighted by Crippen LogP contribution is -2.36. The summed E-state index contributed by atoms with van der Waals surface area (Å²) in [6.07, 6.45) is 5.86. The molecule has 238 valence electrons. The van der Waals surface area contributed by atoms with Crippen molar-refractivity contribution >= 4 is 43.7 Å². The van der Waals surface area contributed by atoms with Gasteiger partial charge in [-0.1, -0.05) is 29.3 Å². The fourth-order valence-corrected chi connectivity index (χ4v) is 7.73. The first-order chi connectivity index (χ1) is 21.7. The lowest BCUT2D eigenvalue weighted by atomic mass is 9.97. The molecule has 13 heteroatoms. The average Bonchev–Trinajstić information content (AvgIpc) is 3.61. The van der Waals surface area contributed by atoms with Gasteiger partial charge in [-0.25, -0.2) is 26.7 Å². The van der Waals surface area contributed by atoms with Crippen molar-refractivity contribution in [1.29, 1.82) is 0 Å². The minimum Gasteiger partial charge on any atom is -0.491 e. The summed E-state index contributed by atoms with van der Waals surface area (Å²) >= 11 is 6.39. The third-order valence-corrected chi connectivity index (χ3v) is 10.7. The molecule has 5 aromatic rings. The van der Waals surface area contributed by atoms with Gasteiger partial charge >= 0.3 is 0 Å². The van der Waals surface area contributed by atoms with Crippen LogP contribution in [0.5, 0.6) is 11.6 Å². The number of benzene rings is 1. The highest BCUT2D eigenvalue weighted by Crippen LogP contribution is 2.40. The third-order valence-electron chi connectivity index (χ3n) is 8.63. The Morgan fingerprint density at radius 1 is 1.09 bits per heavy atom. The number of piperidine rings is 1. The van der Waals surface area contributed by atoms with Crippen molar-refractivity contribution in [3.8, 4) is 22.9 Å². The second-order valence-electron chi connectivity index (χ2n) is 11.4. The number of aromatic nitrogens is 4. The highest BCUT2D eigenvalue weighted by atomic mass is 35.5. The smallest absolute Gasteiger partial charge is 0.269 e. The Balaban J connectivity index is 1.50. The maximum Gasteiger partial charge on any atom is 0.269 e. The molecule has 0 saturated carbocycles. The van der Waals surface area contributed by atoms with Crippen molar-refractivity contribution in [2.75, 3.05) is 40.4 Å². The van der Waals surface area contributed by atoms with Crippen LogP contribution in [0.1, 0.15) is 24.8 Å². The SMILES string of the molecule is COc1cc2c(nc1OC)c(-c1cc3c(Cl)c(F)cnc3n1S(=O)(=O)c1ccc(C)cc1)cn2CCCN1CCC(CN)CC1. The summed E-state index contributed by atoms with van der Waals surface area (Å²) in [4.78, 5) is 11.5. The van der Waals surface area contributed by atoms with E-state index in [9.17, 15) is 12.8 Å². The standard InChI is InChI=1S/C32H36ClFN6O4S/c1-20-5-7-22(8-6-20)45(41,42)40-26(15-23-29(33)25(34)18-36-31(23)40)24-19-39(12-4-11-38-13-9-21(17-35)10-14-38)27-16-28(43-2)32(44-3)37-30(24)27/h5-8,15-16,18-19,21H,4,9-14,17,35H2,1-3H3. The zero-order chi connectivity index (χ0) is 31.9. The van der Waals surface area contributed by atoms with Gasteiger partial charge in [0.25, 0.3) is 15.9 Å². The molecule has 6 rings (SSSR count). The predicted molar refractivity (Wildman–Crippen MR) is 173 cm³/mol. The predicted octanol–water partition coefficient (Wildman–Crippen LogP) is 5.47. The summed E-state index contributed by atoms with van der Waals surface area (Å²) < 4.78 is 57.4. The number of nitrogens with zero attached hydrogens (tertiary/aromatic N) is 5. The van der Waals surface area contributed by atoms with Gasteiger partial charge in [0.1, 0.15) is 5.52 Å². The van der Waals surface area contributed by atoms with Crippen LogP contribution in [0.4, 0.5) is 4.39 Å². The topological polar surface area (TPSA) is 118 Å². The minimum atomic E-state index is -4.21. The first-order valence-electron chi connectivity index (χ1n) is 14.9. The number of nitrogens with two attached hydrogens (primary N) is 1. The number of fused-ring (bicyclic) bond motifs is 2. The Labute approximate surface area is 266 Å². The van der Waals surface area contributed by atoms with Gasteiger partial charge in [0.2, 0.25) is 0 Å². The number of pyridine rings is 2. The molecule has 1 fully saturated rings. The molecule has 0 bridgehead atoms. The molecule has 2 N–H and O–H groups in total. The Morgan fingerprint density at radius 2 is 1.82 bits per heavy atom. The second-order valence-corrected chi connectivity index (χ2v) is 13.6. The van der Waals surface area contributed by atoms with Crippen molar-refractivity contribution in [3.63, 3.8) is 0 Å². The highest BCUT2D eigenvalue weighted by Gasteiger charge is 2.29. The Bertz CT molecular complexity index is 1970. The van der Waals surface area contributed by atoms with E-state index >= 15 is 0 Å². The van der Waals surface area contributed by atoms with E-state index in [1.54, 1.807) is 25.3 Å². The van der Waals surface area contributed by atoms with Crippen molar-refractivity contribution in [2.45, 2.75) is 37.6 Å². The summed E-state index contributed by atoms with van der Waals surface area (Å²) in [6.45, 7) is 6.20. The van der Waals surface area contributed by atoms with Crippen LogP contribution in [0.2, 0.25) is 5.02 Å². The van der Waals surface area contributed by atoms with Gasteiger partial charge in [-0.3, -0.25) is 0 Å². The molecule has 0 amide bonds. The number of rotatable bonds is 10. The molecule has 0 atom stereocenters. The molecule has 4 aromatic heterocycles. The molecule has 45 heavy (non-hydrogen) atoms. The van der Waals surface area contributed by atoms with Crippen molar-refractivity contribution in [1.82, 2.24) is 23.4 Å². The fourth-order valence-electron chi connectivity index (χ4n) is 6.06. The van der Waals surface area contributed by atoms with Gasteiger partial charge in [-0.15, -0.1) is 0 Å². The number of halogens is 2. The highest BCUT2D eigenvalue weighted by molar-refractivity contribution is 7.90. The Kier molecular flexibility index (Phi) is 8.75. The number of hydrogen-bond donors (Lipinski definition) is 1. The molecule has 1 aliphatic rings. The van der Waals surface area contributed by atoms with Gasteiger partial charge in [-0.05, 0) is 76.5 Å². The van der Waals surface area contributed by atoms with Crippen LogP contribution in [-0.4, -0.2) is 72.2 Å². The molecule has 10 nitrogen and oxygen atoms in total. The van der Waals surface area contributed by atoms with Crippen LogP contribution >= 0.6 is 11.6 Å². The zero-order valence-corrected chi connectivity index (χ0v) is 27.0. The lowest BCUT2D eigenvalue weighted by molar-refractivity contribution is 0.183. The third kappa shape index (κ3) is 5.76. The molecular weight excluding hydrogens is 619 g/mol. The van der Waals surface area contributed by atoms with Gasteiger partial charge in [0, 0.05) is 29.8 Å². The van der Waals surface area contributed by atoms with Gasteiger partial charge in [-0.2, -0.15) is 0 Å². The second kappa shape index (κ2) is 12.6. The molecule has 0 aliphatic carbocycles. The van der Waals surface area contributed by atoms with Crippen LogP contribution in [-0.2, 0) is 16.6 Å². The van der Waals surface area contributed by atoms with Crippen LogP contribution in [0.25, 0.3) is 33.3 Å². The molecule has 5 heterocycles. The number of hydrogen-bond acceptors (Lipinski definition) is 8. The fraction of sp³-hybridized carbons (Fsp3) is 0.375. The van der Waals surface area contributed by atoms with Crippen LogP contribution in [0.3, 0.4) is 0 Å². The quantitative estimate of drug-likeness (QED) is 0.211.